The topological polar surface area (TPSA) is 72.2 Å². The molecule has 0 aliphatic carbocycles. The molecule has 0 aliphatic heterocycles. The Hall–Kier alpha value is -2.90. The van der Waals surface area contributed by atoms with Gasteiger partial charge in [0.15, 0.2) is 0 Å². The molecule has 0 saturated heterocycles. The first-order valence-electron chi connectivity index (χ1n) is 8.11. The minimum atomic E-state index is -0.198. The predicted molar refractivity (Wildman–Crippen MR) is 105 cm³/mol. The summed E-state index contributed by atoms with van der Waals surface area (Å²) in [5, 5.41) is 8.64. The van der Waals surface area contributed by atoms with E-state index in [2.05, 4.69) is 20.4 Å². The average molecular weight is 396 g/mol. The molecule has 0 aliphatic rings. The van der Waals surface area contributed by atoms with E-state index >= 15 is 0 Å². The van der Waals surface area contributed by atoms with Gasteiger partial charge < -0.3 is 5.32 Å². The SMILES string of the molecule is Cc1cc(Sc2ccccc2NC(=O)c2ccc(Cl)cc2)n2ncnc2n1. The number of rotatable bonds is 4. The van der Waals surface area contributed by atoms with E-state index in [9.17, 15) is 4.79 Å². The van der Waals surface area contributed by atoms with E-state index in [1.807, 2.05) is 37.3 Å². The van der Waals surface area contributed by atoms with E-state index in [-0.39, 0.29) is 5.91 Å². The van der Waals surface area contributed by atoms with Gasteiger partial charge in [-0.05, 0) is 49.4 Å². The van der Waals surface area contributed by atoms with E-state index < -0.39 is 0 Å². The third-order valence-electron chi connectivity index (χ3n) is 3.80. The number of halogens is 1. The molecule has 6 nitrogen and oxygen atoms in total. The van der Waals surface area contributed by atoms with Crippen LogP contribution in [-0.2, 0) is 0 Å². The standard InChI is InChI=1S/C19H14ClN5OS/c1-12-10-17(25-19(23-12)21-11-22-25)27-16-5-3-2-4-15(16)24-18(26)13-6-8-14(20)9-7-13/h2-11H,1H3,(H,24,26). The normalized spacial score (nSPS) is 10.9. The summed E-state index contributed by atoms with van der Waals surface area (Å²) in [5.41, 5.74) is 2.10. The van der Waals surface area contributed by atoms with Crippen LogP contribution in [0.3, 0.4) is 0 Å². The van der Waals surface area contributed by atoms with Crippen molar-refractivity contribution in [2.24, 2.45) is 0 Å². The number of carbonyl (C=O) groups is 1. The molecule has 0 fully saturated rings. The molecule has 0 saturated carbocycles. The zero-order chi connectivity index (χ0) is 18.8. The van der Waals surface area contributed by atoms with Gasteiger partial charge in [-0.25, -0.2) is 4.98 Å². The van der Waals surface area contributed by atoms with Gasteiger partial charge in [0.2, 0.25) is 0 Å². The number of anilines is 1. The number of hydrogen-bond donors (Lipinski definition) is 1. The molecular formula is C19H14ClN5OS. The van der Waals surface area contributed by atoms with Gasteiger partial charge in [0.25, 0.3) is 11.7 Å². The van der Waals surface area contributed by atoms with Crippen molar-refractivity contribution in [2.75, 3.05) is 5.32 Å². The zero-order valence-corrected chi connectivity index (χ0v) is 15.8. The van der Waals surface area contributed by atoms with Crippen molar-refractivity contribution in [3.05, 3.63) is 77.2 Å². The highest BCUT2D eigenvalue weighted by atomic mass is 35.5. The quantitative estimate of drug-likeness (QED) is 0.515. The van der Waals surface area contributed by atoms with E-state index in [0.717, 1.165) is 15.6 Å². The fourth-order valence-electron chi connectivity index (χ4n) is 2.54. The van der Waals surface area contributed by atoms with Crippen LogP contribution in [0.25, 0.3) is 5.78 Å². The van der Waals surface area contributed by atoms with Crippen LogP contribution >= 0.6 is 23.4 Å². The first-order valence-corrected chi connectivity index (χ1v) is 9.31. The first kappa shape index (κ1) is 17.5. The fraction of sp³-hybridized carbons (Fsp3) is 0.0526. The maximum Gasteiger partial charge on any atom is 0.255 e. The van der Waals surface area contributed by atoms with Gasteiger partial charge in [-0.1, -0.05) is 35.5 Å². The van der Waals surface area contributed by atoms with E-state index in [4.69, 9.17) is 11.6 Å². The summed E-state index contributed by atoms with van der Waals surface area (Å²) in [6.45, 7) is 1.91. The molecule has 0 unspecified atom stereocenters. The molecular weight excluding hydrogens is 382 g/mol. The van der Waals surface area contributed by atoms with E-state index in [1.165, 1.54) is 18.1 Å². The van der Waals surface area contributed by atoms with Crippen LogP contribution in [0.4, 0.5) is 5.69 Å². The lowest BCUT2D eigenvalue weighted by Crippen LogP contribution is -2.12. The smallest absolute Gasteiger partial charge is 0.255 e. The van der Waals surface area contributed by atoms with Crippen LogP contribution in [0.2, 0.25) is 5.02 Å². The Morgan fingerprint density at radius 1 is 1.15 bits per heavy atom. The minimum absolute atomic E-state index is 0.198. The van der Waals surface area contributed by atoms with Crippen LogP contribution in [-0.4, -0.2) is 25.5 Å². The molecule has 2 aromatic heterocycles. The molecule has 0 atom stereocenters. The number of aryl methyl sites for hydroxylation is 1. The van der Waals surface area contributed by atoms with Gasteiger partial charge in [0, 0.05) is 21.2 Å². The molecule has 2 aromatic carbocycles. The molecule has 4 rings (SSSR count). The number of aromatic nitrogens is 4. The van der Waals surface area contributed by atoms with Crippen LogP contribution < -0.4 is 5.32 Å². The second kappa shape index (κ2) is 7.38. The molecule has 8 heteroatoms. The van der Waals surface area contributed by atoms with Gasteiger partial charge in [-0.15, -0.1) is 0 Å². The van der Waals surface area contributed by atoms with E-state index in [1.54, 1.807) is 28.8 Å². The second-order valence-electron chi connectivity index (χ2n) is 5.77. The minimum Gasteiger partial charge on any atom is -0.321 e. The predicted octanol–water partition coefficient (Wildman–Crippen LogP) is 4.49. The number of para-hydroxylation sites is 1. The lowest BCUT2D eigenvalue weighted by molar-refractivity contribution is 0.102. The molecule has 1 amide bonds. The highest BCUT2D eigenvalue weighted by Gasteiger charge is 2.13. The van der Waals surface area contributed by atoms with Crippen molar-refractivity contribution in [1.29, 1.82) is 0 Å². The molecule has 0 radical (unpaired) electrons. The number of amides is 1. The highest BCUT2D eigenvalue weighted by Crippen LogP contribution is 2.33. The van der Waals surface area contributed by atoms with Crippen molar-refractivity contribution in [1.82, 2.24) is 19.6 Å². The highest BCUT2D eigenvalue weighted by molar-refractivity contribution is 7.99. The molecule has 1 N–H and O–H groups in total. The summed E-state index contributed by atoms with van der Waals surface area (Å²) in [5.74, 6) is 0.344. The molecule has 0 bridgehead atoms. The first-order chi connectivity index (χ1) is 13.1. The van der Waals surface area contributed by atoms with Gasteiger partial charge in [0.05, 0.1) is 5.69 Å². The van der Waals surface area contributed by atoms with Gasteiger partial charge in [0.1, 0.15) is 11.4 Å². The lowest BCUT2D eigenvalue weighted by Gasteiger charge is -2.11. The molecule has 2 heterocycles. The summed E-state index contributed by atoms with van der Waals surface area (Å²) in [7, 11) is 0. The molecule has 134 valence electrons. The Kier molecular flexibility index (Phi) is 4.79. The summed E-state index contributed by atoms with van der Waals surface area (Å²) in [4.78, 5) is 21.9. The van der Waals surface area contributed by atoms with Gasteiger partial charge in [-0.2, -0.15) is 14.6 Å². The maximum atomic E-state index is 12.6. The van der Waals surface area contributed by atoms with Crippen LogP contribution in [0.1, 0.15) is 16.1 Å². The second-order valence-corrected chi connectivity index (χ2v) is 7.27. The molecule has 0 spiro atoms. The Bertz CT molecular complexity index is 1130. The van der Waals surface area contributed by atoms with Crippen LogP contribution in [0, 0.1) is 6.92 Å². The van der Waals surface area contributed by atoms with Crippen LogP contribution in [0.5, 0.6) is 0 Å². The monoisotopic (exact) mass is 395 g/mol. The van der Waals surface area contributed by atoms with Gasteiger partial charge >= 0.3 is 0 Å². The lowest BCUT2D eigenvalue weighted by atomic mass is 10.2. The number of fused-ring (bicyclic) bond motifs is 1. The average Bonchev–Trinajstić information content (AvgIpc) is 3.12. The Morgan fingerprint density at radius 2 is 1.93 bits per heavy atom. The van der Waals surface area contributed by atoms with Crippen molar-refractivity contribution >= 4 is 40.7 Å². The number of nitrogens with one attached hydrogen (secondary N) is 1. The number of benzene rings is 2. The third-order valence-corrected chi connectivity index (χ3v) is 5.13. The van der Waals surface area contributed by atoms with Crippen molar-refractivity contribution in [3.8, 4) is 0 Å². The number of nitrogens with zero attached hydrogens (tertiary/aromatic N) is 4. The summed E-state index contributed by atoms with van der Waals surface area (Å²) in [6, 6.07) is 16.3. The largest absolute Gasteiger partial charge is 0.321 e. The summed E-state index contributed by atoms with van der Waals surface area (Å²) in [6.07, 6.45) is 1.47. The van der Waals surface area contributed by atoms with Crippen molar-refractivity contribution in [3.63, 3.8) is 0 Å². The Morgan fingerprint density at radius 3 is 2.74 bits per heavy atom. The molecule has 4 aromatic rings. The Labute approximate surface area is 164 Å². The fourth-order valence-corrected chi connectivity index (χ4v) is 3.71. The summed E-state index contributed by atoms with van der Waals surface area (Å²) < 4.78 is 1.68. The van der Waals surface area contributed by atoms with Crippen molar-refractivity contribution < 1.29 is 4.79 Å². The Balaban J connectivity index is 1.64. The number of carbonyl (C=O) groups excluding carboxylic acids is 1. The zero-order valence-electron chi connectivity index (χ0n) is 14.3. The van der Waals surface area contributed by atoms with Crippen molar-refractivity contribution in [2.45, 2.75) is 16.8 Å². The van der Waals surface area contributed by atoms with Gasteiger partial charge in [-0.3, -0.25) is 4.79 Å². The van der Waals surface area contributed by atoms with E-state index in [0.29, 0.717) is 22.1 Å². The summed E-state index contributed by atoms with van der Waals surface area (Å²) >= 11 is 7.38. The van der Waals surface area contributed by atoms with Crippen LogP contribution in [0.15, 0.2) is 70.8 Å². The maximum absolute atomic E-state index is 12.6. The third kappa shape index (κ3) is 3.79. The molecule has 27 heavy (non-hydrogen) atoms. The number of hydrogen-bond acceptors (Lipinski definition) is 5.